The fraction of sp³-hybridized carbons (Fsp3) is 0.875. The van der Waals surface area contributed by atoms with Crippen molar-refractivity contribution in [3.8, 4) is 0 Å². The lowest BCUT2D eigenvalue weighted by Gasteiger charge is -2.49. The minimum absolute atomic E-state index is 0.181. The smallest absolute Gasteiger partial charge is 0.345 e. The summed E-state index contributed by atoms with van der Waals surface area (Å²) in [6.45, 7) is 1.42. The Bertz CT molecular complexity index is 239. The van der Waals surface area contributed by atoms with Crippen LogP contribution in [0.1, 0.15) is 6.42 Å². The van der Waals surface area contributed by atoms with Gasteiger partial charge in [0.2, 0.25) is 0 Å². The molecule has 6 heteroatoms. The van der Waals surface area contributed by atoms with Crippen LogP contribution in [-0.4, -0.2) is 31.2 Å². The van der Waals surface area contributed by atoms with Gasteiger partial charge in [0.1, 0.15) is 0 Å². The molecule has 2 bridgehead atoms. The zero-order valence-electron chi connectivity index (χ0n) is 7.40. The zero-order valence-corrected chi connectivity index (χ0v) is 7.40. The van der Waals surface area contributed by atoms with Crippen molar-refractivity contribution in [2.75, 3.05) is 13.1 Å². The van der Waals surface area contributed by atoms with E-state index in [9.17, 15) is 18.0 Å². The van der Waals surface area contributed by atoms with Crippen molar-refractivity contribution in [1.82, 2.24) is 10.6 Å². The highest BCUT2D eigenvalue weighted by Crippen LogP contribution is 2.37. The Balaban J connectivity index is 1.90. The van der Waals surface area contributed by atoms with E-state index < -0.39 is 12.1 Å². The Morgan fingerprint density at radius 3 is 2.29 bits per heavy atom. The number of rotatable bonds is 1. The molecular weight excluding hydrogens is 197 g/mol. The third-order valence-electron chi connectivity index (χ3n) is 2.99. The molecule has 2 unspecified atom stereocenters. The van der Waals surface area contributed by atoms with E-state index in [0.29, 0.717) is 13.1 Å². The Hall–Kier alpha value is -0.780. The van der Waals surface area contributed by atoms with Gasteiger partial charge in [0.05, 0.1) is 0 Å². The first-order valence-corrected chi connectivity index (χ1v) is 4.57. The van der Waals surface area contributed by atoms with Gasteiger partial charge in [0.25, 0.3) is 0 Å². The van der Waals surface area contributed by atoms with Gasteiger partial charge in [-0.3, -0.25) is 4.79 Å². The molecule has 14 heavy (non-hydrogen) atoms. The van der Waals surface area contributed by atoms with E-state index in [0.717, 1.165) is 6.42 Å². The van der Waals surface area contributed by atoms with Crippen LogP contribution in [-0.2, 0) is 4.79 Å². The number of carbonyl (C=O) groups excluding carboxylic acids is 1. The van der Waals surface area contributed by atoms with Gasteiger partial charge >= 0.3 is 12.1 Å². The van der Waals surface area contributed by atoms with Gasteiger partial charge in [-0.15, -0.1) is 0 Å². The molecule has 3 aliphatic rings. The quantitative estimate of drug-likeness (QED) is 0.649. The van der Waals surface area contributed by atoms with Crippen LogP contribution in [0.4, 0.5) is 13.2 Å². The van der Waals surface area contributed by atoms with Crippen LogP contribution in [0.25, 0.3) is 0 Å². The average Bonchev–Trinajstić information content (AvgIpc) is 2.13. The molecule has 2 aliphatic heterocycles. The Morgan fingerprint density at radius 1 is 1.29 bits per heavy atom. The summed E-state index contributed by atoms with van der Waals surface area (Å²) in [5, 5.41) is 5.15. The Labute approximate surface area is 79.0 Å². The van der Waals surface area contributed by atoms with Crippen LogP contribution in [0.5, 0.6) is 0 Å². The maximum atomic E-state index is 11.9. The molecule has 3 rings (SSSR count). The van der Waals surface area contributed by atoms with Crippen LogP contribution < -0.4 is 10.6 Å². The minimum atomic E-state index is -4.75. The normalized spacial score (nSPS) is 36.1. The predicted molar refractivity (Wildman–Crippen MR) is 42.5 cm³/mol. The lowest BCUT2D eigenvalue weighted by Crippen LogP contribution is -2.64. The lowest BCUT2D eigenvalue weighted by molar-refractivity contribution is -0.176. The topological polar surface area (TPSA) is 41.1 Å². The lowest BCUT2D eigenvalue weighted by atomic mass is 9.67. The Kier molecular flexibility index (Phi) is 2.17. The summed E-state index contributed by atoms with van der Waals surface area (Å²) in [6, 6.07) is -0.273. The molecule has 2 heterocycles. The number of nitrogens with one attached hydrogen (secondary N) is 2. The molecule has 3 fully saturated rings. The molecule has 2 N–H and O–H groups in total. The summed E-state index contributed by atoms with van der Waals surface area (Å²) in [5.41, 5.74) is 0. The number of amides is 1. The second-order valence-corrected chi connectivity index (χ2v) is 3.91. The van der Waals surface area contributed by atoms with Crippen LogP contribution in [0.2, 0.25) is 0 Å². The fourth-order valence-corrected chi connectivity index (χ4v) is 2.21. The summed E-state index contributed by atoms with van der Waals surface area (Å²) in [7, 11) is 0. The minimum Gasteiger partial charge on any atom is -0.345 e. The fourth-order valence-electron chi connectivity index (χ4n) is 2.21. The van der Waals surface area contributed by atoms with E-state index in [-0.39, 0.29) is 17.9 Å². The van der Waals surface area contributed by atoms with Gasteiger partial charge in [0.15, 0.2) is 0 Å². The van der Waals surface area contributed by atoms with E-state index in [1.807, 2.05) is 0 Å². The van der Waals surface area contributed by atoms with Crippen molar-refractivity contribution in [2.45, 2.75) is 18.6 Å². The predicted octanol–water partition coefficient (Wildman–Crippen LogP) is 0.273. The first-order chi connectivity index (χ1) is 6.48. The van der Waals surface area contributed by atoms with Gasteiger partial charge in [-0.05, 0) is 31.3 Å². The number of halogens is 3. The van der Waals surface area contributed by atoms with Gasteiger partial charge < -0.3 is 10.6 Å². The molecule has 0 aromatic rings. The van der Waals surface area contributed by atoms with Crippen LogP contribution in [0.15, 0.2) is 0 Å². The third kappa shape index (κ3) is 1.58. The molecule has 1 saturated carbocycles. The van der Waals surface area contributed by atoms with Crippen molar-refractivity contribution in [3.63, 3.8) is 0 Å². The van der Waals surface area contributed by atoms with E-state index in [1.165, 1.54) is 0 Å². The maximum Gasteiger partial charge on any atom is 0.471 e. The number of hydrogen-bond donors (Lipinski definition) is 2. The maximum absolute atomic E-state index is 11.9. The average molecular weight is 208 g/mol. The first-order valence-electron chi connectivity index (χ1n) is 4.57. The number of fused-ring (bicyclic) bond motifs is 2. The first kappa shape index (κ1) is 9.76. The third-order valence-corrected chi connectivity index (χ3v) is 2.99. The van der Waals surface area contributed by atoms with Gasteiger partial charge in [0, 0.05) is 6.04 Å². The largest absolute Gasteiger partial charge is 0.471 e. The van der Waals surface area contributed by atoms with Crippen molar-refractivity contribution < 1.29 is 18.0 Å². The second-order valence-electron chi connectivity index (χ2n) is 3.91. The van der Waals surface area contributed by atoms with Crippen molar-refractivity contribution in [2.24, 2.45) is 11.8 Å². The summed E-state index contributed by atoms with van der Waals surface area (Å²) < 4.78 is 35.8. The van der Waals surface area contributed by atoms with Gasteiger partial charge in [-0.25, -0.2) is 0 Å². The van der Waals surface area contributed by atoms with E-state index in [4.69, 9.17) is 0 Å². The van der Waals surface area contributed by atoms with Gasteiger partial charge in [-0.2, -0.15) is 13.2 Å². The summed E-state index contributed by atoms with van der Waals surface area (Å²) in [5.74, 6) is -1.45. The Morgan fingerprint density at radius 2 is 1.86 bits per heavy atom. The van der Waals surface area contributed by atoms with E-state index in [1.54, 1.807) is 0 Å². The van der Waals surface area contributed by atoms with Crippen LogP contribution >= 0.6 is 0 Å². The van der Waals surface area contributed by atoms with Crippen molar-refractivity contribution >= 4 is 5.91 Å². The zero-order chi connectivity index (χ0) is 10.3. The molecule has 0 aromatic carbocycles. The van der Waals surface area contributed by atoms with E-state index in [2.05, 4.69) is 10.6 Å². The molecule has 80 valence electrons. The van der Waals surface area contributed by atoms with Crippen LogP contribution in [0.3, 0.4) is 0 Å². The van der Waals surface area contributed by atoms with Crippen molar-refractivity contribution in [3.05, 3.63) is 0 Å². The van der Waals surface area contributed by atoms with Crippen LogP contribution in [0, 0.1) is 11.8 Å². The highest BCUT2D eigenvalue weighted by Gasteiger charge is 2.48. The standard InChI is InChI=1S/C8H11F3N2O/c9-8(10,11)7(14)13-6-4-1-5(6)3-12-2-4/h4-6,12H,1-3H2,(H,13,14). The summed E-state index contributed by atoms with van der Waals surface area (Å²) in [4.78, 5) is 10.6. The molecule has 1 amide bonds. The van der Waals surface area contributed by atoms with Crippen molar-refractivity contribution in [1.29, 1.82) is 0 Å². The second kappa shape index (κ2) is 3.12. The molecule has 3 nitrogen and oxygen atoms in total. The number of carbonyl (C=O) groups is 1. The number of hydrogen-bond acceptors (Lipinski definition) is 2. The summed E-state index contributed by atoms with van der Waals surface area (Å²) in [6.07, 6.45) is -3.83. The highest BCUT2D eigenvalue weighted by atomic mass is 19.4. The summed E-state index contributed by atoms with van der Waals surface area (Å²) >= 11 is 0. The molecule has 0 radical (unpaired) electrons. The number of piperidine rings is 2. The monoisotopic (exact) mass is 208 g/mol. The number of alkyl halides is 3. The molecule has 2 atom stereocenters. The van der Waals surface area contributed by atoms with E-state index >= 15 is 0 Å². The molecular formula is C8H11F3N2O. The molecule has 0 spiro atoms. The highest BCUT2D eigenvalue weighted by molar-refractivity contribution is 5.82. The molecule has 0 aromatic heterocycles. The molecule has 1 aliphatic carbocycles. The molecule has 2 saturated heterocycles. The SMILES string of the molecule is O=C(NC1C2CNCC1C2)C(F)(F)F. The van der Waals surface area contributed by atoms with Gasteiger partial charge in [-0.1, -0.05) is 0 Å².